The number of rotatable bonds is 4. The zero-order chi connectivity index (χ0) is 12.4. The van der Waals surface area contributed by atoms with Crippen LogP contribution in [-0.4, -0.2) is 26.1 Å². The molecule has 6 heteroatoms. The van der Waals surface area contributed by atoms with Crippen molar-refractivity contribution in [3.8, 4) is 11.5 Å². The number of carboxylic acids is 1. The molecule has 2 heterocycles. The van der Waals surface area contributed by atoms with E-state index in [1.807, 2.05) is 13.8 Å². The van der Waals surface area contributed by atoms with Gasteiger partial charge in [0.05, 0.1) is 12.5 Å². The zero-order valence-electron chi connectivity index (χ0n) is 9.57. The Morgan fingerprint density at radius 2 is 2.29 bits per heavy atom. The van der Waals surface area contributed by atoms with Gasteiger partial charge in [0.25, 0.3) is 0 Å². The summed E-state index contributed by atoms with van der Waals surface area (Å²) in [6, 6.07) is 2.77. The van der Waals surface area contributed by atoms with Crippen LogP contribution >= 0.6 is 0 Å². The highest BCUT2D eigenvalue weighted by molar-refractivity contribution is 5.72. The van der Waals surface area contributed by atoms with Gasteiger partial charge in [0.2, 0.25) is 0 Å². The third-order valence-corrected chi connectivity index (χ3v) is 2.45. The molecule has 0 fully saturated rings. The lowest BCUT2D eigenvalue weighted by Gasteiger charge is -2.15. The van der Waals surface area contributed by atoms with Crippen molar-refractivity contribution in [3.05, 3.63) is 24.6 Å². The summed E-state index contributed by atoms with van der Waals surface area (Å²) >= 11 is 0. The SMILES string of the molecule is CC(C)C(C(=O)O)n1cc(-c2ccco2)nn1. The number of aliphatic carboxylic acids is 1. The fraction of sp³-hybridized carbons (Fsp3) is 0.364. The van der Waals surface area contributed by atoms with Crippen molar-refractivity contribution < 1.29 is 14.3 Å². The van der Waals surface area contributed by atoms with E-state index in [1.165, 1.54) is 10.9 Å². The van der Waals surface area contributed by atoms with Gasteiger partial charge in [0, 0.05) is 0 Å². The van der Waals surface area contributed by atoms with E-state index in [1.54, 1.807) is 18.3 Å². The molecule has 0 radical (unpaired) electrons. The smallest absolute Gasteiger partial charge is 0.328 e. The van der Waals surface area contributed by atoms with Crippen LogP contribution in [-0.2, 0) is 4.79 Å². The van der Waals surface area contributed by atoms with Crippen LogP contribution in [0.4, 0.5) is 0 Å². The second-order valence-corrected chi connectivity index (χ2v) is 4.09. The van der Waals surface area contributed by atoms with E-state index in [0.717, 1.165) is 0 Å². The Hall–Kier alpha value is -2.11. The van der Waals surface area contributed by atoms with Crippen LogP contribution in [0.25, 0.3) is 11.5 Å². The molecule has 6 nitrogen and oxygen atoms in total. The van der Waals surface area contributed by atoms with Crippen molar-refractivity contribution in [1.29, 1.82) is 0 Å². The lowest BCUT2D eigenvalue weighted by Crippen LogP contribution is -2.24. The summed E-state index contributed by atoms with van der Waals surface area (Å²) < 4.78 is 6.52. The number of hydrogen-bond acceptors (Lipinski definition) is 4. The van der Waals surface area contributed by atoms with Crippen LogP contribution in [0.3, 0.4) is 0 Å². The summed E-state index contributed by atoms with van der Waals surface area (Å²) in [5.41, 5.74) is 0.530. The van der Waals surface area contributed by atoms with Crippen LogP contribution in [0.5, 0.6) is 0 Å². The molecule has 0 aliphatic rings. The quantitative estimate of drug-likeness (QED) is 0.874. The number of carbonyl (C=O) groups is 1. The van der Waals surface area contributed by atoms with Gasteiger partial charge in [-0.25, -0.2) is 9.48 Å². The van der Waals surface area contributed by atoms with Crippen LogP contribution < -0.4 is 0 Å². The van der Waals surface area contributed by atoms with Crippen LogP contribution in [0.15, 0.2) is 29.0 Å². The van der Waals surface area contributed by atoms with E-state index in [2.05, 4.69) is 10.3 Å². The van der Waals surface area contributed by atoms with Crippen LogP contribution in [0.2, 0.25) is 0 Å². The minimum atomic E-state index is -0.920. The maximum Gasteiger partial charge on any atom is 0.328 e. The topological polar surface area (TPSA) is 81.1 Å². The highest BCUT2D eigenvalue weighted by Crippen LogP contribution is 2.21. The second kappa shape index (κ2) is 4.40. The van der Waals surface area contributed by atoms with Gasteiger partial charge < -0.3 is 9.52 Å². The summed E-state index contributed by atoms with van der Waals surface area (Å²) in [4.78, 5) is 11.1. The van der Waals surface area contributed by atoms with Crippen molar-refractivity contribution in [2.24, 2.45) is 5.92 Å². The first-order chi connectivity index (χ1) is 8.09. The van der Waals surface area contributed by atoms with Crippen LogP contribution in [0.1, 0.15) is 19.9 Å². The predicted octanol–water partition coefficient (Wildman–Crippen LogP) is 1.82. The molecule has 0 aromatic carbocycles. The van der Waals surface area contributed by atoms with Gasteiger partial charge in [-0.05, 0) is 18.1 Å². The summed E-state index contributed by atoms with van der Waals surface area (Å²) in [5.74, 6) is -0.418. The molecular weight excluding hydrogens is 222 g/mol. The molecule has 0 saturated heterocycles. The van der Waals surface area contributed by atoms with E-state index in [0.29, 0.717) is 11.5 Å². The Bertz CT molecular complexity index is 502. The maximum atomic E-state index is 11.1. The summed E-state index contributed by atoms with van der Waals surface area (Å²) in [5, 5.41) is 16.9. The van der Waals surface area contributed by atoms with Crippen molar-refractivity contribution in [2.75, 3.05) is 0 Å². The molecule has 1 atom stereocenters. The summed E-state index contributed by atoms with van der Waals surface area (Å²) in [6.45, 7) is 3.65. The fourth-order valence-corrected chi connectivity index (χ4v) is 1.65. The number of carboxylic acid groups (broad SMARTS) is 1. The highest BCUT2D eigenvalue weighted by Gasteiger charge is 2.25. The number of nitrogens with zero attached hydrogens (tertiary/aromatic N) is 3. The van der Waals surface area contributed by atoms with Crippen molar-refractivity contribution >= 4 is 5.97 Å². The lowest BCUT2D eigenvalue weighted by atomic mass is 10.1. The van der Waals surface area contributed by atoms with E-state index in [4.69, 9.17) is 9.52 Å². The molecule has 2 rings (SSSR count). The van der Waals surface area contributed by atoms with Gasteiger partial charge in [-0.3, -0.25) is 0 Å². The molecule has 2 aromatic heterocycles. The van der Waals surface area contributed by atoms with Crippen molar-refractivity contribution in [2.45, 2.75) is 19.9 Å². The van der Waals surface area contributed by atoms with E-state index in [9.17, 15) is 4.79 Å². The largest absolute Gasteiger partial charge is 0.480 e. The average molecular weight is 235 g/mol. The Balaban J connectivity index is 2.31. The standard InChI is InChI=1S/C11H13N3O3/c1-7(2)10(11(15)16)14-6-8(12-13-14)9-4-3-5-17-9/h3-7,10H,1-2H3,(H,15,16). The molecule has 0 aliphatic carbocycles. The normalized spacial score (nSPS) is 12.9. The molecule has 17 heavy (non-hydrogen) atoms. The molecule has 1 N–H and O–H groups in total. The Labute approximate surface area is 97.9 Å². The van der Waals surface area contributed by atoms with Gasteiger partial charge in [-0.2, -0.15) is 0 Å². The number of furan rings is 1. The first-order valence-corrected chi connectivity index (χ1v) is 5.28. The van der Waals surface area contributed by atoms with E-state index < -0.39 is 12.0 Å². The van der Waals surface area contributed by atoms with Crippen molar-refractivity contribution in [1.82, 2.24) is 15.0 Å². The number of aromatic nitrogens is 3. The molecular formula is C11H13N3O3. The third kappa shape index (κ3) is 2.20. The monoisotopic (exact) mass is 235 g/mol. The first kappa shape index (κ1) is 11.4. The van der Waals surface area contributed by atoms with Crippen molar-refractivity contribution in [3.63, 3.8) is 0 Å². The van der Waals surface area contributed by atoms with Gasteiger partial charge in [-0.1, -0.05) is 19.1 Å². The third-order valence-electron chi connectivity index (χ3n) is 2.45. The minimum Gasteiger partial charge on any atom is -0.480 e. The predicted molar refractivity (Wildman–Crippen MR) is 59.2 cm³/mol. The van der Waals surface area contributed by atoms with Gasteiger partial charge in [0.1, 0.15) is 5.69 Å². The molecule has 2 aromatic rings. The van der Waals surface area contributed by atoms with Crippen LogP contribution in [0, 0.1) is 5.92 Å². The molecule has 0 aliphatic heterocycles. The Morgan fingerprint density at radius 1 is 1.53 bits per heavy atom. The fourth-order valence-electron chi connectivity index (χ4n) is 1.65. The molecule has 0 amide bonds. The molecule has 0 bridgehead atoms. The summed E-state index contributed by atoms with van der Waals surface area (Å²) in [7, 11) is 0. The van der Waals surface area contributed by atoms with Gasteiger partial charge in [-0.15, -0.1) is 5.10 Å². The lowest BCUT2D eigenvalue weighted by molar-refractivity contribution is -0.142. The zero-order valence-corrected chi connectivity index (χ0v) is 9.57. The van der Waals surface area contributed by atoms with E-state index in [-0.39, 0.29) is 5.92 Å². The maximum absolute atomic E-state index is 11.1. The van der Waals surface area contributed by atoms with E-state index >= 15 is 0 Å². The Morgan fingerprint density at radius 3 is 2.82 bits per heavy atom. The summed E-state index contributed by atoms with van der Waals surface area (Å²) in [6.07, 6.45) is 3.11. The molecule has 1 unspecified atom stereocenters. The van der Waals surface area contributed by atoms with Gasteiger partial charge in [0.15, 0.2) is 11.8 Å². The second-order valence-electron chi connectivity index (χ2n) is 4.09. The average Bonchev–Trinajstić information content (AvgIpc) is 2.83. The Kier molecular flexibility index (Phi) is 2.95. The number of hydrogen-bond donors (Lipinski definition) is 1. The molecule has 0 spiro atoms. The minimum absolute atomic E-state index is 0.0707. The molecule has 0 saturated carbocycles. The highest BCUT2D eigenvalue weighted by atomic mass is 16.4. The van der Waals surface area contributed by atoms with Gasteiger partial charge >= 0.3 is 5.97 Å². The molecule has 90 valence electrons. The first-order valence-electron chi connectivity index (χ1n) is 5.28.